The summed E-state index contributed by atoms with van der Waals surface area (Å²) >= 11 is 8.66. The van der Waals surface area contributed by atoms with Gasteiger partial charge in [0, 0.05) is 21.7 Å². The van der Waals surface area contributed by atoms with Gasteiger partial charge < -0.3 is 5.32 Å². The second kappa shape index (κ2) is 10.1. The Labute approximate surface area is 214 Å². The Balaban J connectivity index is 1.44. The molecule has 8 heteroatoms. The molecule has 0 bridgehead atoms. The SMILES string of the molecule is CC(Sc1nc2c(cc1C#N)CC(C(C)(C)C)CC2)C(=O)Nc1nc(-c2ccc(Cl)cc2)cs1. The van der Waals surface area contributed by atoms with Gasteiger partial charge >= 0.3 is 0 Å². The van der Waals surface area contributed by atoms with E-state index in [0.717, 1.165) is 36.2 Å². The van der Waals surface area contributed by atoms with Crippen LogP contribution in [-0.2, 0) is 17.6 Å². The van der Waals surface area contributed by atoms with Crippen molar-refractivity contribution in [1.29, 1.82) is 5.26 Å². The molecule has 3 aromatic rings. The Morgan fingerprint density at radius 3 is 2.71 bits per heavy atom. The Bertz CT molecular complexity index is 1240. The van der Waals surface area contributed by atoms with Gasteiger partial charge in [0.05, 0.1) is 16.5 Å². The fraction of sp³-hybridized carbons (Fsp3) is 0.385. The van der Waals surface area contributed by atoms with Crippen LogP contribution in [0.1, 0.15) is 50.9 Å². The van der Waals surface area contributed by atoms with Gasteiger partial charge in [-0.15, -0.1) is 11.3 Å². The molecule has 0 radical (unpaired) electrons. The number of halogens is 1. The number of hydrogen-bond acceptors (Lipinski definition) is 6. The molecule has 176 valence electrons. The quantitative estimate of drug-likeness (QED) is 0.374. The number of fused-ring (bicyclic) bond motifs is 1. The molecule has 2 unspecified atom stereocenters. The first-order chi connectivity index (χ1) is 16.1. The zero-order valence-corrected chi connectivity index (χ0v) is 22.1. The number of amides is 1. The second-order valence-corrected chi connectivity index (χ2v) is 12.3. The normalized spacial score (nSPS) is 16.4. The van der Waals surface area contributed by atoms with Crippen LogP contribution in [0.3, 0.4) is 0 Å². The molecule has 1 aliphatic carbocycles. The lowest BCUT2D eigenvalue weighted by Crippen LogP contribution is -2.27. The van der Waals surface area contributed by atoms with Crippen molar-refractivity contribution < 1.29 is 4.79 Å². The molecule has 0 fully saturated rings. The Morgan fingerprint density at radius 2 is 2.03 bits per heavy atom. The number of aromatic nitrogens is 2. The number of aryl methyl sites for hydroxylation is 1. The number of carbonyl (C=O) groups is 1. The van der Waals surface area contributed by atoms with Crippen LogP contribution in [0.4, 0.5) is 5.13 Å². The van der Waals surface area contributed by atoms with Gasteiger partial charge in [0.15, 0.2) is 5.13 Å². The summed E-state index contributed by atoms with van der Waals surface area (Å²) in [7, 11) is 0. The van der Waals surface area contributed by atoms with Crippen LogP contribution >= 0.6 is 34.7 Å². The van der Waals surface area contributed by atoms with Crippen LogP contribution in [-0.4, -0.2) is 21.1 Å². The van der Waals surface area contributed by atoms with E-state index >= 15 is 0 Å². The molecule has 1 aliphatic rings. The maximum absolute atomic E-state index is 12.9. The van der Waals surface area contributed by atoms with Crippen LogP contribution in [0, 0.1) is 22.7 Å². The van der Waals surface area contributed by atoms with Crippen LogP contribution in [0.5, 0.6) is 0 Å². The standard InChI is InChI=1S/C26H27ClN4OS2/c1-15(23(32)31-25-30-22(14-33-25)16-5-8-20(27)9-6-16)34-24-18(13-28)11-17-12-19(26(2,3)4)7-10-21(17)29-24/h5-6,8-9,11,14-15,19H,7,10,12H2,1-4H3,(H,30,31,32). The number of thioether (sulfide) groups is 1. The highest BCUT2D eigenvalue weighted by Crippen LogP contribution is 2.38. The molecule has 5 nitrogen and oxygen atoms in total. The third-order valence-electron chi connectivity index (χ3n) is 6.23. The smallest absolute Gasteiger partial charge is 0.239 e. The van der Waals surface area contributed by atoms with Crippen molar-refractivity contribution in [2.45, 2.75) is 57.2 Å². The average Bonchev–Trinajstić information content (AvgIpc) is 3.26. The minimum atomic E-state index is -0.425. The van der Waals surface area contributed by atoms with Crippen molar-refractivity contribution in [2.75, 3.05) is 5.32 Å². The Hall–Kier alpha value is -2.40. The summed E-state index contributed by atoms with van der Waals surface area (Å²) in [4.78, 5) is 22.2. The lowest BCUT2D eigenvalue weighted by molar-refractivity contribution is -0.115. The number of nitriles is 1. The van der Waals surface area contributed by atoms with E-state index in [-0.39, 0.29) is 11.3 Å². The number of hydrogen-bond donors (Lipinski definition) is 1. The van der Waals surface area contributed by atoms with E-state index in [4.69, 9.17) is 16.6 Å². The Kier molecular flexibility index (Phi) is 7.32. The molecule has 2 heterocycles. The van der Waals surface area contributed by atoms with Crippen LogP contribution in [0.25, 0.3) is 11.3 Å². The van der Waals surface area contributed by atoms with Crippen LogP contribution < -0.4 is 5.32 Å². The minimum Gasteiger partial charge on any atom is -0.301 e. The van der Waals surface area contributed by atoms with E-state index in [2.05, 4.69) is 37.1 Å². The summed E-state index contributed by atoms with van der Waals surface area (Å²) < 4.78 is 0. The monoisotopic (exact) mass is 510 g/mol. The summed E-state index contributed by atoms with van der Waals surface area (Å²) in [5.41, 5.74) is 4.72. The van der Waals surface area contributed by atoms with Crippen molar-refractivity contribution in [3.8, 4) is 17.3 Å². The molecule has 0 aliphatic heterocycles. The number of pyridine rings is 1. The maximum atomic E-state index is 12.9. The number of nitrogens with one attached hydrogen (secondary N) is 1. The van der Waals surface area contributed by atoms with Crippen molar-refractivity contribution in [1.82, 2.24) is 9.97 Å². The predicted molar refractivity (Wildman–Crippen MR) is 140 cm³/mol. The molecule has 0 saturated carbocycles. The number of rotatable bonds is 5. The summed E-state index contributed by atoms with van der Waals surface area (Å²) in [5.74, 6) is 0.408. The molecule has 34 heavy (non-hydrogen) atoms. The molecule has 2 aromatic heterocycles. The van der Waals surface area contributed by atoms with Gasteiger partial charge in [-0.25, -0.2) is 9.97 Å². The molecular formula is C26H27ClN4OS2. The van der Waals surface area contributed by atoms with E-state index in [1.165, 1.54) is 28.7 Å². The summed E-state index contributed by atoms with van der Waals surface area (Å²) in [6.07, 6.45) is 2.95. The molecule has 0 spiro atoms. The Morgan fingerprint density at radius 1 is 1.29 bits per heavy atom. The summed E-state index contributed by atoms with van der Waals surface area (Å²) in [6.45, 7) is 8.64. The fourth-order valence-corrected chi connectivity index (χ4v) is 5.81. The van der Waals surface area contributed by atoms with Gasteiger partial charge in [-0.2, -0.15) is 5.26 Å². The van der Waals surface area contributed by atoms with E-state index in [1.54, 1.807) is 0 Å². The van der Waals surface area contributed by atoms with Crippen molar-refractivity contribution in [2.24, 2.45) is 11.3 Å². The third kappa shape index (κ3) is 5.63. The molecule has 1 aromatic carbocycles. The van der Waals surface area contributed by atoms with E-state index in [1.807, 2.05) is 42.6 Å². The van der Waals surface area contributed by atoms with Gasteiger partial charge in [-0.05, 0) is 61.3 Å². The van der Waals surface area contributed by atoms with Crippen LogP contribution in [0.2, 0.25) is 5.02 Å². The van der Waals surface area contributed by atoms with Crippen molar-refractivity contribution in [3.05, 3.63) is 57.6 Å². The average molecular weight is 511 g/mol. The number of benzene rings is 1. The van der Waals surface area contributed by atoms with Gasteiger partial charge in [0.1, 0.15) is 11.1 Å². The minimum absolute atomic E-state index is 0.168. The topological polar surface area (TPSA) is 78.7 Å². The van der Waals surface area contributed by atoms with Crippen LogP contribution in [0.15, 0.2) is 40.7 Å². The molecule has 0 saturated heterocycles. The largest absolute Gasteiger partial charge is 0.301 e. The lowest BCUT2D eigenvalue weighted by atomic mass is 9.71. The third-order valence-corrected chi connectivity index (χ3v) is 8.34. The second-order valence-electron chi connectivity index (χ2n) is 9.66. The highest BCUT2D eigenvalue weighted by Gasteiger charge is 2.30. The number of thiazole rings is 1. The van der Waals surface area contributed by atoms with Gasteiger partial charge in [0.25, 0.3) is 0 Å². The summed E-state index contributed by atoms with van der Waals surface area (Å²) in [6, 6.07) is 11.7. The molecular weight excluding hydrogens is 484 g/mol. The molecule has 1 N–H and O–H groups in total. The zero-order chi connectivity index (χ0) is 24.5. The first-order valence-electron chi connectivity index (χ1n) is 11.3. The maximum Gasteiger partial charge on any atom is 0.239 e. The molecule has 2 atom stereocenters. The molecule has 1 amide bonds. The first kappa shape index (κ1) is 24.7. The highest BCUT2D eigenvalue weighted by atomic mass is 35.5. The number of anilines is 1. The first-order valence-corrected chi connectivity index (χ1v) is 13.4. The van der Waals surface area contributed by atoms with Gasteiger partial charge in [-0.3, -0.25) is 4.79 Å². The zero-order valence-electron chi connectivity index (χ0n) is 19.7. The fourth-order valence-electron chi connectivity index (χ4n) is 4.07. The van der Waals surface area contributed by atoms with Crippen molar-refractivity contribution in [3.63, 3.8) is 0 Å². The number of carbonyl (C=O) groups excluding carboxylic acids is 1. The van der Waals surface area contributed by atoms with Gasteiger partial charge in [0.2, 0.25) is 5.91 Å². The van der Waals surface area contributed by atoms with E-state index in [0.29, 0.717) is 26.7 Å². The predicted octanol–water partition coefficient (Wildman–Crippen LogP) is 7.00. The lowest BCUT2D eigenvalue weighted by Gasteiger charge is -2.34. The summed E-state index contributed by atoms with van der Waals surface area (Å²) in [5, 5.41) is 15.9. The van der Waals surface area contributed by atoms with Crippen molar-refractivity contribution >= 4 is 45.7 Å². The number of nitrogens with zero attached hydrogens (tertiary/aromatic N) is 3. The highest BCUT2D eigenvalue weighted by molar-refractivity contribution is 8.00. The van der Waals surface area contributed by atoms with E-state index in [9.17, 15) is 10.1 Å². The van der Waals surface area contributed by atoms with Gasteiger partial charge in [-0.1, -0.05) is 56.3 Å². The van der Waals surface area contributed by atoms with E-state index < -0.39 is 5.25 Å². The molecule has 4 rings (SSSR count).